The highest BCUT2D eigenvalue weighted by atomic mass is 15.3. The van der Waals surface area contributed by atoms with E-state index in [1.165, 1.54) is 0 Å². The summed E-state index contributed by atoms with van der Waals surface area (Å²) in [5, 5.41) is 10.9. The number of nitrogens with zero attached hydrogens (tertiary/aromatic N) is 2. The number of amidine groups is 1. The van der Waals surface area contributed by atoms with Gasteiger partial charge in [0.25, 0.3) is 0 Å². The fourth-order valence-corrected chi connectivity index (χ4v) is 1.42. The van der Waals surface area contributed by atoms with E-state index in [-0.39, 0.29) is 6.17 Å². The molecule has 1 atom stereocenters. The lowest BCUT2D eigenvalue weighted by molar-refractivity contribution is 0.211. The van der Waals surface area contributed by atoms with E-state index in [1.54, 1.807) is 0 Å². The van der Waals surface area contributed by atoms with Gasteiger partial charge in [0.15, 0.2) is 0 Å². The summed E-state index contributed by atoms with van der Waals surface area (Å²) >= 11 is 0. The molecule has 0 aromatic rings. The minimum absolute atomic E-state index is 0.284. The van der Waals surface area contributed by atoms with Gasteiger partial charge in [-0.1, -0.05) is 0 Å². The summed E-state index contributed by atoms with van der Waals surface area (Å²) in [6.45, 7) is 10.9. The SMILES string of the molecule is C=C.CNC(C)N1CCN(C)CC1=N. The number of piperazine rings is 1. The van der Waals surface area contributed by atoms with Crippen LogP contribution in [0.4, 0.5) is 0 Å². The van der Waals surface area contributed by atoms with E-state index in [9.17, 15) is 0 Å². The van der Waals surface area contributed by atoms with Crippen molar-refractivity contribution < 1.29 is 0 Å². The van der Waals surface area contributed by atoms with Crippen LogP contribution in [-0.2, 0) is 0 Å². The molecule has 0 saturated carbocycles. The van der Waals surface area contributed by atoms with E-state index in [2.05, 4.69) is 42.2 Å². The Labute approximate surface area is 87.1 Å². The maximum absolute atomic E-state index is 7.75. The third kappa shape index (κ3) is 3.47. The lowest BCUT2D eigenvalue weighted by atomic mass is 10.3. The van der Waals surface area contributed by atoms with Crippen LogP contribution in [0.2, 0.25) is 0 Å². The summed E-state index contributed by atoms with van der Waals surface area (Å²) in [5.74, 6) is 0.714. The highest BCUT2D eigenvalue weighted by Gasteiger charge is 2.21. The second-order valence-corrected chi connectivity index (χ2v) is 3.34. The quantitative estimate of drug-likeness (QED) is 0.638. The fraction of sp³-hybridized carbons (Fsp3) is 0.700. The predicted molar refractivity (Wildman–Crippen MR) is 61.7 cm³/mol. The van der Waals surface area contributed by atoms with Crippen LogP contribution in [0.1, 0.15) is 6.92 Å². The van der Waals surface area contributed by atoms with Crippen molar-refractivity contribution in [2.24, 2.45) is 0 Å². The smallest absolute Gasteiger partial charge is 0.112 e. The van der Waals surface area contributed by atoms with Crippen molar-refractivity contribution in [1.82, 2.24) is 15.1 Å². The van der Waals surface area contributed by atoms with Crippen LogP contribution < -0.4 is 5.32 Å². The number of hydrogen-bond acceptors (Lipinski definition) is 3. The van der Waals surface area contributed by atoms with Gasteiger partial charge in [0.1, 0.15) is 5.84 Å². The Bertz CT molecular complexity index is 181. The molecule has 4 heteroatoms. The summed E-state index contributed by atoms with van der Waals surface area (Å²) in [6, 6.07) is 0. The summed E-state index contributed by atoms with van der Waals surface area (Å²) in [6.07, 6.45) is 0.284. The molecule has 1 aliphatic heterocycles. The van der Waals surface area contributed by atoms with Crippen LogP contribution in [0.5, 0.6) is 0 Å². The van der Waals surface area contributed by atoms with Gasteiger partial charge in [0, 0.05) is 13.1 Å². The van der Waals surface area contributed by atoms with E-state index < -0.39 is 0 Å². The number of likely N-dealkylation sites (N-methyl/N-ethyl adjacent to an activating group) is 1. The monoisotopic (exact) mass is 198 g/mol. The van der Waals surface area contributed by atoms with E-state index in [4.69, 9.17) is 5.41 Å². The summed E-state index contributed by atoms with van der Waals surface area (Å²) in [7, 11) is 3.98. The minimum Gasteiger partial charge on any atom is -0.343 e. The molecule has 0 aliphatic carbocycles. The van der Waals surface area contributed by atoms with Gasteiger partial charge in [-0.3, -0.25) is 10.3 Å². The third-order valence-corrected chi connectivity index (χ3v) is 2.37. The third-order valence-electron chi connectivity index (χ3n) is 2.37. The molecular weight excluding hydrogens is 176 g/mol. The van der Waals surface area contributed by atoms with Gasteiger partial charge in [-0.05, 0) is 21.0 Å². The molecule has 1 rings (SSSR count). The molecule has 1 aliphatic rings. The topological polar surface area (TPSA) is 42.4 Å². The van der Waals surface area contributed by atoms with Gasteiger partial charge in [-0.15, -0.1) is 13.2 Å². The van der Waals surface area contributed by atoms with Crippen molar-refractivity contribution in [2.45, 2.75) is 13.1 Å². The number of nitrogens with one attached hydrogen (secondary N) is 2. The van der Waals surface area contributed by atoms with Crippen molar-refractivity contribution >= 4 is 5.84 Å². The lowest BCUT2D eigenvalue weighted by Crippen LogP contribution is -2.55. The Morgan fingerprint density at radius 1 is 1.43 bits per heavy atom. The molecule has 1 heterocycles. The molecule has 0 aromatic carbocycles. The predicted octanol–water partition coefficient (Wildman–Crippen LogP) is 0.579. The zero-order valence-electron chi connectivity index (χ0n) is 9.51. The van der Waals surface area contributed by atoms with Crippen LogP contribution in [0, 0.1) is 5.41 Å². The van der Waals surface area contributed by atoms with Crippen LogP contribution in [0.3, 0.4) is 0 Å². The molecule has 1 fully saturated rings. The van der Waals surface area contributed by atoms with Gasteiger partial charge in [-0.2, -0.15) is 0 Å². The molecule has 1 saturated heterocycles. The highest BCUT2D eigenvalue weighted by molar-refractivity contribution is 5.82. The van der Waals surface area contributed by atoms with Crippen LogP contribution in [0.15, 0.2) is 13.2 Å². The van der Waals surface area contributed by atoms with E-state index in [0.29, 0.717) is 5.84 Å². The Balaban J connectivity index is 0.000000791. The Hall–Kier alpha value is -0.870. The minimum atomic E-state index is 0.284. The molecule has 0 bridgehead atoms. The first-order valence-electron chi connectivity index (χ1n) is 4.85. The average Bonchev–Trinajstić information content (AvgIpc) is 2.20. The standard InChI is InChI=1S/C8H18N4.C2H4/c1-7(10-2)12-5-4-11(3)6-8(12)9;1-2/h7,9-10H,4-6H2,1-3H3;1-2H2. The van der Waals surface area contributed by atoms with Gasteiger partial charge in [0.05, 0.1) is 12.7 Å². The molecule has 0 spiro atoms. The molecule has 1 unspecified atom stereocenters. The normalized spacial score (nSPS) is 19.9. The highest BCUT2D eigenvalue weighted by Crippen LogP contribution is 2.03. The molecule has 4 nitrogen and oxygen atoms in total. The second-order valence-electron chi connectivity index (χ2n) is 3.34. The Morgan fingerprint density at radius 3 is 2.43 bits per heavy atom. The lowest BCUT2D eigenvalue weighted by Gasteiger charge is -2.38. The van der Waals surface area contributed by atoms with E-state index in [1.807, 2.05) is 7.05 Å². The van der Waals surface area contributed by atoms with E-state index >= 15 is 0 Å². The molecule has 0 radical (unpaired) electrons. The maximum Gasteiger partial charge on any atom is 0.112 e. The number of hydrogen-bond donors (Lipinski definition) is 2. The molecule has 2 N–H and O–H groups in total. The van der Waals surface area contributed by atoms with Crippen LogP contribution in [0.25, 0.3) is 0 Å². The largest absolute Gasteiger partial charge is 0.343 e. The van der Waals surface area contributed by atoms with Crippen molar-refractivity contribution in [3.63, 3.8) is 0 Å². The summed E-state index contributed by atoms with van der Waals surface area (Å²) < 4.78 is 0. The molecular formula is C10H22N4. The van der Waals surface area contributed by atoms with Gasteiger partial charge in [0.2, 0.25) is 0 Å². The summed E-state index contributed by atoms with van der Waals surface area (Å²) in [5.41, 5.74) is 0. The second kappa shape index (κ2) is 6.56. The van der Waals surface area contributed by atoms with Gasteiger partial charge < -0.3 is 10.2 Å². The first kappa shape index (κ1) is 13.1. The Kier molecular flexibility index (Phi) is 6.16. The fourth-order valence-electron chi connectivity index (χ4n) is 1.42. The summed E-state index contributed by atoms with van der Waals surface area (Å²) in [4.78, 5) is 4.27. The average molecular weight is 198 g/mol. The van der Waals surface area contributed by atoms with Crippen molar-refractivity contribution in [1.29, 1.82) is 5.41 Å². The zero-order chi connectivity index (χ0) is 11.1. The molecule has 0 aromatic heterocycles. The van der Waals surface area contributed by atoms with Crippen molar-refractivity contribution in [3.8, 4) is 0 Å². The Morgan fingerprint density at radius 2 is 2.00 bits per heavy atom. The van der Waals surface area contributed by atoms with Crippen molar-refractivity contribution in [2.75, 3.05) is 33.7 Å². The van der Waals surface area contributed by atoms with Crippen LogP contribution in [-0.4, -0.2) is 55.5 Å². The maximum atomic E-state index is 7.75. The molecule has 0 amide bonds. The zero-order valence-corrected chi connectivity index (χ0v) is 9.51. The first-order valence-corrected chi connectivity index (χ1v) is 4.85. The molecule has 14 heavy (non-hydrogen) atoms. The molecule has 82 valence electrons. The van der Waals surface area contributed by atoms with Gasteiger partial charge in [-0.25, -0.2) is 0 Å². The van der Waals surface area contributed by atoms with Crippen LogP contribution >= 0.6 is 0 Å². The number of rotatable bonds is 2. The first-order chi connectivity index (χ1) is 6.65. The van der Waals surface area contributed by atoms with E-state index in [0.717, 1.165) is 19.6 Å². The van der Waals surface area contributed by atoms with Gasteiger partial charge >= 0.3 is 0 Å². The van der Waals surface area contributed by atoms with Crippen molar-refractivity contribution in [3.05, 3.63) is 13.2 Å².